The van der Waals surface area contributed by atoms with Gasteiger partial charge in [0.2, 0.25) is 15.9 Å². The summed E-state index contributed by atoms with van der Waals surface area (Å²) in [5, 5.41) is 7.50. The summed E-state index contributed by atoms with van der Waals surface area (Å²) in [5.41, 5.74) is 4.85. The third-order valence-electron chi connectivity index (χ3n) is 3.00. The Labute approximate surface area is 106 Å². The molecule has 1 aliphatic rings. The Morgan fingerprint density at radius 1 is 1.41 bits per heavy atom. The van der Waals surface area contributed by atoms with Crippen LogP contribution < -0.4 is 16.2 Å². The summed E-state index contributed by atoms with van der Waals surface area (Å²) >= 11 is 4.90. The SMILES string of the molecule is NC(=S)C1(C(=O)NCCCS(N)(=O)=O)CCC1. The van der Waals surface area contributed by atoms with E-state index in [2.05, 4.69) is 5.32 Å². The van der Waals surface area contributed by atoms with Gasteiger partial charge in [0.15, 0.2) is 0 Å². The van der Waals surface area contributed by atoms with Crippen LogP contribution in [0, 0.1) is 5.41 Å². The molecule has 0 aromatic heterocycles. The fourth-order valence-electron chi connectivity index (χ4n) is 1.76. The van der Waals surface area contributed by atoms with Gasteiger partial charge in [-0.15, -0.1) is 0 Å². The normalized spacial score (nSPS) is 18.2. The van der Waals surface area contributed by atoms with Crippen molar-refractivity contribution < 1.29 is 13.2 Å². The molecule has 8 heteroatoms. The van der Waals surface area contributed by atoms with E-state index in [0.29, 0.717) is 12.8 Å². The lowest BCUT2D eigenvalue weighted by Crippen LogP contribution is -2.53. The van der Waals surface area contributed by atoms with Crippen LogP contribution in [0.15, 0.2) is 0 Å². The van der Waals surface area contributed by atoms with Crippen LogP contribution in [0.4, 0.5) is 0 Å². The van der Waals surface area contributed by atoms with Crippen molar-refractivity contribution in [3.05, 3.63) is 0 Å². The van der Waals surface area contributed by atoms with Crippen molar-refractivity contribution in [2.45, 2.75) is 25.7 Å². The van der Waals surface area contributed by atoms with Gasteiger partial charge in [0.25, 0.3) is 0 Å². The molecule has 0 atom stereocenters. The first-order valence-corrected chi connectivity index (χ1v) is 7.49. The van der Waals surface area contributed by atoms with E-state index in [4.69, 9.17) is 23.1 Å². The van der Waals surface area contributed by atoms with Gasteiger partial charge >= 0.3 is 0 Å². The van der Waals surface area contributed by atoms with Crippen LogP contribution in [0.5, 0.6) is 0 Å². The highest BCUT2D eigenvalue weighted by Crippen LogP contribution is 2.41. The number of nitrogens with one attached hydrogen (secondary N) is 1. The standard InChI is InChI=1S/C9H17N3O3S2/c10-7(16)9(3-1-4-9)8(13)12-5-2-6-17(11,14)15/h1-6H2,(H2,10,16)(H,12,13)(H2,11,14,15). The lowest BCUT2D eigenvalue weighted by Gasteiger charge is -2.39. The van der Waals surface area contributed by atoms with Gasteiger partial charge in [-0.1, -0.05) is 18.6 Å². The van der Waals surface area contributed by atoms with Crippen molar-refractivity contribution in [2.24, 2.45) is 16.3 Å². The third-order valence-corrected chi connectivity index (χ3v) is 4.25. The molecule has 0 aromatic carbocycles. The van der Waals surface area contributed by atoms with Crippen LogP contribution in [-0.4, -0.2) is 31.6 Å². The third kappa shape index (κ3) is 3.62. The molecule has 0 aliphatic heterocycles. The summed E-state index contributed by atoms with van der Waals surface area (Å²) in [6.45, 7) is 0.264. The maximum absolute atomic E-state index is 11.9. The number of primary sulfonamides is 1. The van der Waals surface area contributed by atoms with Gasteiger partial charge in [-0.25, -0.2) is 13.6 Å². The number of carbonyl (C=O) groups is 1. The number of carbonyl (C=O) groups excluding carboxylic acids is 1. The van der Waals surface area contributed by atoms with Gasteiger partial charge in [0.1, 0.15) is 0 Å². The molecule has 0 aromatic rings. The Hall–Kier alpha value is -0.730. The van der Waals surface area contributed by atoms with E-state index < -0.39 is 15.4 Å². The van der Waals surface area contributed by atoms with Crippen molar-refractivity contribution in [1.29, 1.82) is 0 Å². The van der Waals surface area contributed by atoms with Gasteiger partial charge in [-0.2, -0.15) is 0 Å². The van der Waals surface area contributed by atoms with Gasteiger partial charge < -0.3 is 11.1 Å². The summed E-state index contributed by atoms with van der Waals surface area (Å²) in [4.78, 5) is 12.1. The molecular weight excluding hydrogens is 262 g/mol. The zero-order valence-electron chi connectivity index (χ0n) is 9.44. The van der Waals surface area contributed by atoms with E-state index in [0.717, 1.165) is 6.42 Å². The maximum Gasteiger partial charge on any atom is 0.233 e. The molecule has 0 heterocycles. The largest absolute Gasteiger partial charge is 0.392 e. The number of hydrogen-bond donors (Lipinski definition) is 3. The highest BCUT2D eigenvalue weighted by molar-refractivity contribution is 7.89. The van der Waals surface area contributed by atoms with Crippen LogP contribution in [0.1, 0.15) is 25.7 Å². The van der Waals surface area contributed by atoms with Gasteiger partial charge in [-0.3, -0.25) is 4.79 Å². The fraction of sp³-hybridized carbons (Fsp3) is 0.778. The average Bonchev–Trinajstić information content (AvgIpc) is 2.08. The van der Waals surface area contributed by atoms with Crippen molar-refractivity contribution >= 4 is 33.1 Å². The molecule has 0 radical (unpaired) electrons. The second kappa shape index (κ2) is 5.28. The number of hydrogen-bond acceptors (Lipinski definition) is 4. The minimum atomic E-state index is -3.47. The second-order valence-electron chi connectivity index (χ2n) is 4.28. The molecule has 0 bridgehead atoms. The lowest BCUT2D eigenvalue weighted by molar-refractivity contribution is -0.130. The Morgan fingerprint density at radius 2 is 2.00 bits per heavy atom. The lowest BCUT2D eigenvalue weighted by atomic mass is 9.68. The Balaban J connectivity index is 2.37. The van der Waals surface area contributed by atoms with Crippen molar-refractivity contribution in [1.82, 2.24) is 5.32 Å². The number of nitrogens with two attached hydrogens (primary N) is 2. The molecule has 98 valence electrons. The molecule has 0 unspecified atom stereocenters. The molecule has 1 aliphatic carbocycles. The Morgan fingerprint density at radius 3 is 2.35 bits per heavy atom. The fourth-order valence-corrected chi connectivity index (χ4v) is 2.60. The molecule has 0 saturated heterocycles. The molecule has 5 N–H and O–H groups in total. The first-order valence-electron chi connectivity index (χ1n) is 5.37. The van der Waals surface area contributed by atoms with Crippen molar-refractivity contribution in [3.8, 4) is 0 Å². The van der Waals surface area contributed by atoms with E-state index >= 15 is 0 Å². The van der Waals surface area contributed by atoms with E-state index in [1.807, 2.05) is 0 Å². The number of rotatable bonds is 6. The summed E-state index contributed by atoms with van der Waals surface area (Å²) in [7, 11) is -3.47. The van der Waals surface area contributed by atoms with Gasteiger partial charge in [-0.05, 0) is 19.3 Å². The van der Waals surface area contributed by atoms with E-state index in [1.165, 1.54) is 0 Å². The maximum atomic E-state index is 11.9. The first-order chi connectivity index (χ1) is 7.78. The minimum Gasteiger partial charge on any atom is -0.392 e. The van der Waals surface area contributed by atoms with Gasteiger partial charge in [0, 0.05) is 6.54 Å². The van der Waals surface area contributed by atoms with Crippen molar-refractivity contribution in [2.75, 3.05) is 12.3 Å². The average molecular weight is 279 g/mol. The summed E-state index contributed by atoms with van der Waals surface area (Å²) in [6.07, 6.45) is 2.56. The topological polar surface area (TPSA) is 115 Å². The van der Waals surface area contributed by atoms with Crippen LogP contribution in [0.3, 0.4) is 0 Å². The quantitative estimate of drug-likeness (QED) is 0.436. The predicted molar refractivity (Wildman–Crippen MR) is 68.7 cm³/mol. The van der Waals surface area contributed by atoms with E-state index in [9.17, 15) is 13.2 Å². The number of sulfonamides is 1. The Kier molecular flexibility index (Phi) is 4.45. The second-order valence-corrected chi connectivity index (χ2v) is 6.45. The van der Waals surface area contributed by atoms with E-state index in [-0.39, 0.29) is 29.6 Å². The number of thiocarbonyl (C=S) groups is 1. The van der Waals surface area contributed by atoms with Crippen LogP contribution in [0.2, 0.25) is 0 Å². The highest BCUT2D eigenvalue weighted by Gasteiger charge is 2.46. The molecule has 1 amide bonds. The number of amides is 1. The minimum absolute atomic E-state index is 0.145. The van der Waals surface area contributed by atoms with Crippen LogP contribution in [-0.2, 0) is 14.8 Å². The predicted octanol–water partition coefficient (Wildman–Crippen LogP) is -0.762. The smallest absolute Gasteiger partial charge is 0.233 e. The van der Waals surface area contributed by atoms with Gasteiger partial charge in [0.05, 0.1) is 16.2 Å². The summed E-state index contributed by atoms with van der Waals surface area (Å²) in [5.74, 6) is -0.349. The van der Waals surface area contributed by atoms with E-state index in [1.54, 1.807) is 0 Å². The monoisotopic (exact) mass is 279 g/mol. The van der Waals surface area contributed by atoms with Crippen LogP contribution >= 0.6 is 12.2 Å². The zero-order chi connectivity index (χ0) is 13.1. The molecule has 1 fully saturated rings. The molecular formula is C9H17N3O3S2. The summed E-state index contributed by atoms with van der Waals surface area (Å²) < 4.78 is 21.3. The molecule has 1 rings (SSSR count). The van der Waals surface area contributed by atoms with Crippen LogP contribution in [0.25, 0.3) is 0 Å². The molecule has 0 spiro atoms. The first kappa shape index (κ1) is 14.3. The molecule has 6 nitrogen and oxygen atoms in total. The zero-order valence-corrected chi connectivity index (χ0v) is 11.1. The molecule has 17 heavy (non-hydrogen) atoms. The summed E-state index contributed by atoms with van der Waals surface area (Å²) in [6, 6.07) is 0. The Bertz CT molecular complexity index is 415. The molecule has 1 saturated carbocycles. The highest BCUT2D eigenvalue weighted by atomic mass is 32.2. The van der Waals surface area contributed by atoms with Crippen molar-refractivity contribution in [3.63, 3.8) is 0 Å².